The molecule has 0 spiro atoms. The number of anilines is 2. The van der Waals surface area contributed by atoms with Crippen LogP contribution in [0.1, 0.15) is 12.3 Å². The van der Waals surface area contributed by atoms with E-state index in [1.807, 2.05) is 6.07 Å². The number of nitrogens with one attached hydrogen (secondary N) is 1. The van der Waals surface area contributed by atoms with Crippen LogP contribution in [0.2, 0.25) is 5.02 Å². The molecule has 7 nitrogen and oxygen atoms in total. The first kappa shape index (κ1) is 18.2. The predicted octanol–water partition coefficient (Wildman–Crippen LogP) is 3.69. The molecule has 1 aliphatic heterocycles. The monoisotopic (exact) mass is 396 g/mol. The number of hydrogen-bond acceptors (Lipinski definition) is 5. The van der Waals surface area contributed by atoms with Crippen molar-refractivity contribution in [2.45, 2.75) is 13.3 Å². The van der Waals surface area contributed by atoms with E-state index in [1.165, 1.54) is 0 Å². The van der Waals surface area contributed by atoms with Gasteiger partial charge in [-0.2, -0.15) is 4.98 Å². The molecule has 1 fully saturated rings. The normalized spacial score (nSPS) is 16.4. The summed E-state index contributed by atoms with van der Waals surface area (Å²) in [6.45, 7) is 2.03. The van der Waals surface area contributed by atoms with Gasteiger partial charge >= 0.3 is 0 Å². The predicted molar refractivity (Wildman–Crippen MR) is 105 cm³/mol. The quantitative estimate of drug-likeness (QED) is 0.726. The molecule has 1 atom stereocenters. The van der Waals surface area contributed by atoms with Gasteiger partial charge in [0.1, 0.15) is 0 Å². The molecular weight excluding hydrogens is 380 g/mol. The Bertz CT molecular complexity index is 1050. The first-order valence-corrected chi connectivity index (χ1v) is 9.15. The van der Waals surface area contributed by atoms with Gasteiger partial charge in [-0.05, 0) is 30.3 Å². The standard InChI is InChI=1S/C20H17ClN4O3/c1-12-22-19(24-28-12)13-4-2-6-16(8-13)23-20(27)14-9-18(26)25(11-14)17-7-3-5-15(21)10-17/h2-8,10,14H,9,11H2,1H3,(H,23,27)/t14-/m0/s1. The number of amides is 2. The highest BCUT2D eigenvalue weighted by atomic mass is 35.5. The molecule has 1 saturated heterocycles. The number of carbonyl (C=O) groups excluding carboxylic acids is 2. The van der Waals surface area contributed by atoms with Crippen molar-refractivity contribution in [3.8, 4) is 11.4 Å². The molecule has 1 N–H and O–H groups in total. The molecule has 1 aliphatic rings. The molecular formula is C20H17ClN4O3. The Morgan fingerprint density at radius 1 is 1.25 bits per heavy atom. The summed E-state index contributed by atoms with van der Waals surface area (Å²) in [7, 11) is 0. The van der Waals surface area contributed by atoms with E-state index in [9.17, 15) is 9.59 Å². The zero-order valence-electron chi connectivity index (χ0n) is 15.1. The Kier molecular flexibility index (Phi) is 4.83. The molecule has 2 amide bonds. The molecule has 2 heterocycles. The van der Waals surface area contributed by atoms with Crippen LogP contribution in [-0.4, -0.2) is 28.5 Å². The van der Waals surface area contributed by atoms with Crippen molar-refractivity contribution in [3.05, 3.63) is 59.4 Å². The summed E-state index contributed by atoms with van der Waals surface area (Å²) < 4.78 is 4.99. The molecule has 0 unspecified atom stereocenters. The maximum Gasteiger partial charge on any atom is 0.229 e. The molecule has 2 aromatic carbocycles. The molecule has 8 heteroatoms. The van der Waals surface area contributed by atoms with E-state index in [4.69, 9.17) is 16.1 Å². The summed E-state index contributed by atoms with van der Waals surface area (Å²) >= 11 is 6.01. The van der Waals surface area contributed by atoms with Crippen LogP contribution in [0.15, 0.2) is 53.1 Å². The van der Waals surface area contributed by atoms with Crippen LogP contribution in [0.3, 0.4) is 0 Å². The summed E-state index contributed by atoms with van der Waals surface area (Å²) in [6.07, 6.45) is 0.155. The van der Waals surface area contributed by atoms with Gasteiger partial charge in [-0.15, -0.1) is 0 Å². The van der Waals surface area contributed by atoms with Crippen molar-refractivity contribution in [2.75, 3.05) is 16.8 Å². The number of aryl methyl sites for hydroxylation is 1. The van der Waals surface area contributed by atoms with Crippen LogP contribution in [0.25, 0.3) is 11.4 Å². The topological polar surface area (TPSA) is 88.3 Å². The van der Waals surface area contributed by atoms with Crippen molar-refractivity contribution >= 4 is 34.8 Å². The Morgan fingerprint density at radius 3 is 2.82 bits per heavy atom. The smallest absolute Gasteiger partial charge is 0.229 e. The lowest BCUT2D eigenvalue weighted by atomic mass is 10.1. The molecule has 28 heavy (non-hydrogen) atoms. The van der Waals surface area contributed by atoms with Gasteiger partial charge in [-0.25, -0.2) is 0 Å². The van der Waals surface area contributed by atoms with Crippen molar-refractivity contribution in [2.24, 2.45) is 5.92 Å². The Labute approximate surface area is 166 Å². The van der Waals surface area contributed by atoms with Crippen LogP contribution in [-0.2, 0) is 9.59 Å². The first-order chi connectivity index (χ1) is 13.5. The fourth-order valence-corrected chi connectivity index (χ4v) is 3.36. The minimum atomic E-state index is -0.442. The van der Waals surface area contributed by atoms with Gasteiger partial charge in [-0.1, -0.05) is 35.0 Å². The maximum atomic E-state index is 12.7. The van der Waals surface area contributed by atoms with E-state index >= 15 is 0 Å². The molecule has 0 saturated carbocycles. The van der Waals surface area contributed by atoms with Gasteiger partial charge in [0.2, 0.25) is 23.5 Å². The van der Waals surface area contributed by atoms with E-state index in [-0.39, 0.29) is 18.2 Å². The van der Waals surface area contributed by atoms with Crippen LogP contribution in [0.5, 0.6) is 0 Å². The summed E-state index contributed by atoms with van der Waals surface area (Å²) in [5.41, 5.74) is 2.04. The lowest BCUT2D eigenvalue weighted by molar-refractivity contribution is -0.122. The van der Waals surface area contributed by atoms with Crippen LogP contribution < -0.4 is 10.2 Å². The minimum Gasteiger partial charge on any atom is -0.339 e. The zero-order chi connectivity index (χ0) is 19.7. The molecule has 1 aromatic heterocycles. The molecule has 142 valence electrons. The van der Waals surface area contributed by atoms with Crippen molar-refractivity contribution in [1.29, 1.82) is 0 Å². The lowest BCUT2D eigenvalue weighted by Gasteiger charge is -2.17. The van der Waals surface area contributed by atoms with Gasteiger partial charge in [-0.3, -0.25) is 9.59 Å². The lowest BCUT2D eigenvalue weighted by Crippen LogP contribution is -2.28. The van der Waals surface area contributed by atoms with Gasteiger partial charge in [0.25, 0.3) is 0 Å². The Hall–Kier alpha value is -3.19. The van der Waals surface area contributed by atoms with Crippen molar-refractivity contribution < 1.29 is 14.1 Å². The summed E-state index contributed by atoms with van der Waals surface area (Å²) in [4.78, 5) is 30.8. The third kappa shape index (κ3) is 3.75. The highest BCUT2D eigenvalue weighted by Gasteiger charge is 2.35. The van der Waals surface area contributed by atoms with E-state index in [0.29, 0.717) is 34.7 Å². The highest BCUT2D eigenvalue weighted by Crippen LogP contribution is 2.28. The first-order valence-electron chi connectivity index (χ1n) is 8.77. The van der Waals surface area contributed by atoms with E-state index in [0.717, 1.165) is 5.56 Å². The third-order valence-corrected chi connectivity index (χ3v) is 4.77. The SMILES string of the molecule is Cc1nc(-c2cccc(NC(=O)[C@H]3CC(=O)N(c4cccc(Cl)c4)C3)c2)no1. The Morgan fingerprint density at radius 2 is 2.07 bits per heavy atom. The number of aromatic nitrogens is 2. The summed E-state index contributed by atoms with van der Waals surface area (Å²) in [6, 6.07) is 14.2. The highest BCUT2D eigenvalue weighted by molar-refractivity contribution is 6.31. The van der Waals surface area contributed by atoms with Crippen molar-refractivity contribution in [1.82, 2.24) is 10.1 Å². The van der Waals surface area contributed by atoms with E-state index in [2.05, 4.69) is 15.5 Å². The minimum absolute atomic E-state index is 0.0987. The Balaban J connectivity index is 1.46. The second-order valence-electron chi connectivity index (χ2n) is 6.59. The molecule has 3 aromatic rings. The van der Waals surface area contributed by atoms with Gasteiger partial charge in [0.15, 0.2) is 0 Å². The molecule has 0 bridgehead atoms. The van der Waals surface area contributed by atoms with Crippen LogP contribution in [0, 0.1) is 12.8 Å². The summed E-state index contributed by atoms with van der Waals surface area (Å²) in [5, 5.41) is 7.31. The number of benzene rings is 2. The molecule has 0 aliphatic carbocycles. The van der Waals surface area contributed by atoms with E-state index in [1.54, 1.807) is 54.3 Å². The maximum absolute atomic E-state index is 12.7. The molecule has 0 radical (unpaired) electrons. The number of halogens is 1. The van der Waals surface area contributed by atoms with Crippen LogP contribution >= 0.6 is 11.6 Å². The fraction of sp³-hybridized carbons (Fsp3) is 0.200. The number of carbonyl (C=O) groups is 2. The second-order valence-corrected chi connectivity index (χ2v) is 7.03. The third-order valence-electron chi connectivity index (χ3n) is 4.53. The number of rotatable bonds is 4. The summed E-state index contributed by atoms with van der Waals surface area (Å²) in [5.74, 6) is 0.173. The average Bonchev–Trinajstić information content (AvgIpc) is 3.28. The second kappa shape index (κ2) is 7.44. The van der Waals surface area contributed by atoms with E-state index < -0.39 is 5.92 Å². The number of hydrogen-bond donors (Lipinski definition) is 1. The molecule has 4 rings (SSSR count). The van der Waals surface area contributed by atoms with Gasteiger partial charge in [0, 0.05) is 41.9 Å². The van der Waals surface area contributed by atoms with Crippen molar-refractivity contribution in [3.63, 3.8) is 0 Å². The van der Waals surface area contributed by atoms with Gasteiger partial charge < -0.3 is 14.7 Å². The average molecular weight is 397 g/mol. The fourth-order valence-electron chi connectivity index (χ4n) is 3.17. The van der Waals surface area contributed by atoms with Gasteiger partial charge in [0.05, 0.1) is 5.92 Å². The zero-order valence-corrected chi connectivity index (χ0v) is 15.8. The number of nitrogens with zero attached hydrogens (tertiary/aromatic N) is 3. The largest absolute Gasteiger partial charge is 0.339 e. The van der Waals surface area contributed by atoms with Crippen LogP contribution in [0.4, 0.5) is 11.4 Å².